The monoisotopic (exact) mass is 474 g/mol. The zero-order chi connectivity index (χ0) is 23.8. The Kier molecular flexibility index (Phi) is 8.35. The van der Waals surface area contributed by atoms with Gasteiger partial charge in [-0.2, -0.15) is 4.31 Å². The number of hydrogen-bond acceptors (Lipinski definition) is 6. The fourth-order valence-corrected chi connectivity index (χ4v) is 5.12. The molecule has 9 heteroatoms. The number of methoxy groups -OCH3 is 2. The average molecular weight is 475 g/mol. The molecule has 1 saturated heterocycles. The molecule has 0 unspecified atom stereocenters. The van der Waals surface area contributed by atoms with Crippen molar-refractivity contribution in [3.63, 3.8) is 0 Å². The summed E-state index contributed by atoms with van der Waals surface area (Å²) < 4.78 is 43.7. The smallest absolute Gasteiger partial charge is 0.248 e. The molecule has 0 radical (unpaired) electrons. The van der Waals surface area contributed by atoms with Crippen LogP contribution in [0.15, 0.2) is 47.4 Å². The van der Waals surface area contributed by atoms with E-state index in [1.165, 1.54) is 22.5 Å². The van der Waals surface area contributed by atoms with Gasteiger partial charge in [0.25, 0.3) is 0 Å². The van der Waals surface area contributed by atoms with Crippen molar-refractivity contribution in [1.82, 2.24) is 4.31 Å². The largest absolute Gasteiger partial charge is 0.497 e. The molecular formula is C24H30N2O6S. The second-order valence-corrected chi connectivity index (χ2v) is 9.46. The minimum Gasteiger partial charge on any atom is -0.497 e. The molecule has 0 aliphatic carbocycles. The zero-order valence-corrected chi connectivity index (χ0v) is 20.0. The number of benzene rings is 2. The van der Waals surface area contributed by atoms with Gasteiger partial charge in [0.15, 0.2) is 0 Å². The van der Waals surface area contributed by atoms with Crippen LogP contribution in [0.5, 0.6) is 17.2 Å². The molecule has 0 spiro atoms. The number of piperidine rings is 1. The molecule has 33 heavy (non-hydrogen) atoms. The summed E-state index contributed by atoms with van der Waals surface area (Å²) >= 11 is 0. The van der Waals surface area contributed by atoms with Crippen molar-refractivity contribution in [2.75, 3.05) is 39.2 Å². The van der Waals surface area contributed by atoms with Gasteiger partial charge < -0.3 is 19.5 Å². The van der Waals surface area contributed by atoms with Crippen molar-refractivity contribution in [3.8, 4) is 17.2 Å². The maximum Gasteiger partial charge on any atom is 0.248 e. The quantitative estimate of drug-likeness (QED) is 0.554. The van der Waals surface area contributed by atoms with Gasteiger partial charge in [-0.25, -0.2) is 8.42 Å². The molecule has 1 N–H and O–H groups in total. The summed E-state index contributed by atoms with van der Waals surface area (Å²) in [6.07, 6.45) is 5.70. The van der Waals surface area contributed by atoms with Crippen molar-refractivity contribution >= 4 is 27.7 Å². The van der Waals surface area contributed by atoms with Gasteiger partial charge >= 0.3 is 0 Å². The van der Waals surface area contributed by atoms with Gasteiger partial charge in [-0.1, -0.05) is 6.42 Å². The number of nitrogens with one attached hydrogen (secondary N) is 1. The van der Waals surface area contributed by atoms with Crippen LogP contribution in [0.2, 0.25) is 0 Å². The van der Waals surface area contributed by atoms with Crippen LogP contribution < -0.4 is 19.5 Å². The maximum atomic E-state index is 13.1. The van der Waals surface area contributed by atoms with E-state index in [4.69, 9.17) is 14.2 Å². The maximum absolute atomic E-state index is 13.1. The molecule has 1 aliphatic rings. The first-order valence-corrected chi connectivity index (χ1v) is 12.3. The molecule has 1 fully saturated rings. The van der Waals surface area contributed by atoms with Crippen LogP contribution in [0, 0.1) is 0 Å². The van der Waals surface area contributed by atoms with Crippen LogP contribution in [0.4, 0.5) is 5.69 Å². The number of hydrogen-bond donors (Lipinski definition) is 1. The predicted octanol–water partition coefficient (Wildman–Crippen LogP) is 3.93. The Hall–Kier alpha value is -3.04. The minimum atomic E-state index is -3.64. The summed E-state index contributed by atoms with van der Waals surface area (Å²) in [6, 6.07) is 9.82. The summed E-state index contributed by atoms with van der Waals surface area (Å²) in [4.78, 5) is 12.8. The molecular weight excluding hydrogens is 444 g/mol. The van der Waals surface area contributed by atoms with Gasteiger partial charge in [0.1, 0.15) is 17.2 Å². The van der Waals surface area contributed by atoms with Gasteiger partial charge in [0, 0.05) is 25.2 Å². The summed E-state index contributed by atoms with van der Waals surface area (Å²) in [5.41, 5.74) is 1.01. The molecule has 1 amide bonds. The third kappa shape index (κ3) is 6.27. The third-order valence-corrected chi connectivity index (χ3v) is 7.16. The Morgan fingerprint density at radius 3 is 2.30 bits per heavy atom. The predicted molar refractivity (Wildman–Crippen MR) is 127 cm³/mol. The molecule has 2 aromatic carbocycles. The Morgan fingerprint density at radius 1 is 1.03 bits per heavy atom. The first-order chi connectivity index (χ1) is 15.9. The number of anilines is 1. The highest BCUT2D eigenvalue weighted by Gasteiger charge is 2.27. The van der Waals surface area contributed by atoms with Crippen LogP contribution in [-0.2, 0) is 14.8 Å². The highest BCUT2D eigenvalue weighted by Crippen LogP contribution is 2.30. The Labute approximate surface area is 195 Å². The highest BCUT2D eigenvalue weighted by molar-refractivity contribution is 7.89. The molecule has 8 nitrogen and oxygen atoms in total. The van der Waals surface area contributed by atoms with E-state index < -0.39 is 15.9 Å². The lowest BCUT2D eigenvalue weighted by molar-refractivity contribution is -0.111. The SMILES string of the molecule is CCOc1ccc(S(=O)(=O)N2CCCCC2)cc1NC(=O)/C=C/c1cc(OC)cc(OC)c1. The van der Waals surface area contributed by atoms with E-state index in [-0.39, 0.29) is 4.90 Å². The summed E-state index contributed by atoms with van der Waals surface area (Å²) in [6.45, 7) is 3.20. The van der Waals surface area contributed by atoms with E-state index in [1.54, 1.807) is 44.6 Å². The minimum absolute atomic E-state index is 0.129. The van der Waals surface area contributed by atoms with E-state index in [0.29, 0.717) is 48.2 Å². The molecule has 0 saturated carbocycles. The van der Waals surface area contributed by atoms with Gasteiger partial charge in [-0.05, 0) is 61.7 Å². The zero-order valence-electron chi connectivity index (χ0n) is 19.2. The molecule has 3 rings (SSSR count). The average Bonchev–Trinajstić information content (AvgIpc) is 2.84. The first-order valence-electron chi connectivity index (χ1n) is 10.9. The molecule has 2 aromatic rings. The first kappa shape index (κ1) is 24.6. The Bertz CT molecular complexity index is 1090. The topological polar surface area (TPSA) is 94.2 Å². The standard InChI is InChI=1S/C24H30N2O6S/c1-4-32-23-10-9-21(33(28,29)26-12-6-5-7-13-26)17-22(23)25-24(27)11-8-18-14-19(30-2)16-20(15-18)31-3/h8-11,14-17H,4-7,12-13H2,1-3H3,(H,25,27)/b11-8+. The number of nitrogens with zero attached hydrogens (tertiary/aromatic N) is 1. The number of rotatable bonds is 9. The fourth-order valence-electron chi connectivity index (χ4n) is 3.57. The van der Waals surface area contributed by atoms with E-state index in [2.05, 4.69) is 5.32 Å². The second kappa shape index (κ2) is 11.2. The van der Waals surface area contributed by atoms with E-state index in [0.717, 1.165) is 19.3 Å². The Balaban J connectivity index is 1.83. The summed E-state index contributed by atoms with van der Waals surface area (Å²) in [5, 5.41) is 2.74. The molecule has 0 aromatic heterocycles. The van der Waals surface area contributed by atoms with Gasteiger partial charge in [-0.15, -0.1) is 0 Å². The van der Waals surface area contributed by atoms with Gasteiger partial charge in [0.2, 0.25) is 15.9 Å². The van der Waals surface area contributed by atoms with Crippen LogP contribution in [0.25, 0.3) is 6.08 Å². The Morgan fingerprint density at radius 2 is 1.70 bits per heavy atom. The summed E-state index contributed by atoms with van der Waals surface area (Å²) in [7, 11) is -0.541. The molecule has 0 bridgehead atoms. The van der Waals surface area contributed by atoms with Crippen molar-refractivity contribution < 1.29 is 27.4 Å². The second-order valence-electron chi connectivity index (χ2n) is 7.52. The molecule has 178 valence electrons. The van der Waals surface area contributed by atoms with E-state index in [9.17, 15) is 13.2 Å². The normalized spacial score (nSPS) is 14.8. The number of amides is 1. The van der Waals surface area contributed by atoms with Crippen molar-refractivity contribution in [3.05, 3.63) is 48.0 Å². The highest BCUT2D eigenvalue weighted by atomic mass is 32.2. The van der Waals surface area contributed by atoms with Crippen LogP contribution in [-0.4, -0.2) is 52.5 Å². The lowest BCUT2D eigenvalue weighted by Crippen LogP contribution is -2.35. The third-order valence-electron chi connectivity index (χ3n) is 5.26. The van der Waals surface area contributed by atoms with Gasteiger partial charge in [-0.3, -0.25) is 4.79 Å². The fraction of sp³-hybridized carbons (Fsp3) is 0.375. The number of carbonyl (C=O) groups excluding carboxylic acids is 1. The summed E-state index contributed by atoms with van der Waals surface area (Å²) in [5.74, 6) is 1.18. The number of carbonyl (C=O) groups is 1. The van der Waals surface area contributed by atoms with Crippen LogP contribution in [0.3, 0.4) is 0 Å². The van der Waals surface area contributed by atoms with Crippen molar-refractivity contribution in [2.45, 2.75) is 31.1 Å². The number of sulfonamides is 1. The molecule has 0 atom stereocenters. The lowest BCUT2D eigenvalue weighted by Gasteiger charge is -2.26. The lowest BCUT2D eigenvalue weighted by atomic mass is 10.2. The van der Waals surface area contributed by atoms with Crippen LogP contribution in [0.1, 0.15) is 31.7 Å². The van der Waals surface area contributed by atoms with E-state index in [1.807, 2.05) is 6.92 Å². The van der Waals surface area contributed by atoms with E-state index >= 15 is 0 Å². The molecule has 1 aliphatic heterocycles. The van der Waals surface area contributed by atoms with Crippen molar-refractivity contribution in [1.29, 1.82) is 0 Å². The number of ether oxygens (including phenoxy) is 3. The van der Waals surface area contributed by atoms with Gasteiger partial charge in [0.05, 0.1) is 31.4 Å². The van der Waals surface area contributed by atoms with Crippen molar-refractivity contribution in [2.24, 2.45) is 0 Å². The molecule has 1 heterocycles. The van der Waals surface area contributed by atoms with Crippen LogP contribution >= 0.6 is 0 Å².